The van der Waals surface area contributed by atoms with Gasteiger partial charge in [-0.15, -0.1) is 0 Å². The Morgan fingerprint density at radius 1 is 1.06 bits per heavy atom. The number of carboxylic acid groups (broad SMARTS) is 1. The molecule has 1 atom stereocenters. The molecule has 3 nitrogen and oxygen atoms in total. The fourth-order valence-electron chi connectivity index (χ4n) is 2.92. The smallest absolute Gasteiger partial charge is 0.340 e. The SMILES string of the molecule is O=C(O)C(O)(c1ccccc1)C1CCCCCC1. The van der Waals surface area contributed by atoms with E-state index >= 15 is 0 Å². The van der Waals surface area contributed by atoms with E-state index in [0.717, 1.165) is 38.5 Å². The topological polar surface area (TPSA) is 57.5 Å². The van der Waals surface area contributed by atoms with Gasteiger partial charge in [0, 0.05) is 5.92 Å². The number of aliphatic hydroxyl groups is 1. The van der Waals surface area contributed by atoms with Gasteiger partial charge in [0.15, 0.2) is 5.60 Å². The average Bonchev–Trinajstić information content (AvgIpc) is 2.67. The van der Waals surface area contributed by atoms with Crippen LogP contribution in [0.3, 0.4) is 0 Å². The van der Waals surface area contributed by atoms with Crippen LogP contribution in [-0.2, 0) is 10.4 Å². The molecule has 1 saturated carbocycles. The Morgan fingerprint density at radius 2 is 1.61 bits per heavy atom. The normalized spacial score (nSPS) is 20.9. The van der Waals surface area contributed by atoms with Crippen LogP contribution < -0.4 is 0 Å². The standard InChI is InChI=1S/C15H20O3/c16-14(17)15(18,13-10-6-3-7-11-13)12-8-4-1-2-5-9-12/h3,6-7,10-12,18H,1-2,4-5,8-9H2,(H,16,17). The first-order valence-corrected chi connectivity index (χ1v) is 6.67. The largest absolute Gasteiger partial charge is 0.479 e. The number of aliphatic carboxylic acids is 1. The van der Waals surface area contributed by atoms with E-state index in [4.69, 9.17) is 0 Å². The molecule has 0 radical (unpaired) electrons. The van der Waals surface area contributed by atoms with Crippen molar-refractivity contribution < 1.29 is 15.0 Å². The minimum absolute atomic E-state index is 0.181. The highest BCUT2D eigenvalue weighted by molar-refractivity contribution is 5.79. The van der Waals surface area contributed by atoms with Crippen LogP contribution in [0, 0.1) is 5.92 Å². The molecule has 1 aliphatic carbocycles. The van der Waals surface area contributed by atoms with E-state index in [-0.39, 0.29) is 5.92 Å². The summed E-state index contributed by atoms with van der Waals surface area (Å²) in [6.45, 7) is 0. The van der Waals surface area contributed by atoms with Crippen molar-refractivity contribution in [2.45, 2.75) is 44.1 Å². The Balaban J connectivity index is 2.34. The summed E-state index contributed by atoms with van der Waals surface area (Å²) in [6, 6.07) is 8.80. The van der Waals surface area contributed by atoms with Crippen molar-refractivity contribution in [2.24, 2.45) is 5.92 Å². The van der Waals surface area contributed by atoms with E-state index < -0.39 is 11.6 Å². The Bertz CT molecular complexity index is 393. The van der Waals surface area contributed by atoms with Crippen molar-refractivity contribution in [3.8, 4) is 0 Å². The lowest BCUT2D eigenvalue weighted by atomic mass is 9.77. The average molecular weight is 248 g/mol. The predicted octanol–water partition coefficient (Wildman–Crippen LogP) is 2.93. The van der Waals surface area contributed by atoms with Gasteiger partial charge in [-0.05, 0) is 18.4 Å². The Labute approximate surface area is 107 Å². The lowest BCUT2D eigenvalue weighted by Crippen LogP contribution is -2.43. The fourth-order valence-corrected chi connectivity index (χ4v) is 2.92. The number of carboxylic acids is 1. The van der Waals surface area contributed by atoms with Crippen LogP contribution in [0.5, 0.6) is 0 Å². The van der Waals surface area contributed by atoms with Crippen molar-refractivity contribution in [1.29, 1.82) is 0 Å². The molecule has 98 valence electrons. The maximum atomic E-state index is 11.6. The molecule has 0 amide bonds. The third-order valence-corrected chi connectivity index (χ3v) is 3.99. The maximum absolute atomic E-state index is 11.6. The van der Waals surface area contributed by atoms with E-state index in [9.17, 15) is 15.0 Å². The molecule has 3 heteroatoms. The van der Waals surface area contributed by atoms with Gasteiger partial charge in [-0.3, -0.25) is 0 Å². The molecule has 0 aromatic heterocycles. The van der Waals surface area contributed by atoms with Crippen LogP contribution in [0.4, 0.5) is 0 Å². The molecule has 0 saturated heterocycles. The monoisotopic (exact) mass is 248 g/mol. The zero-order valence-electron chi connectivity index (χ0n) is 10.5. The third kappa shape index (κ3) is 2.41. The van der Waals surface area contributed by atoms with Crippen LogP contribution in [0.15, 0.2) is 30.3 Å². The lowest BCUT2D eigenvalue weighted by molar-refractivity contribution is -0.167. The fraction of sp³-hybridized carbons (Fsp3) is 0.533. The first kappa shape index (κ1) is 13.1. The summed E-state index contributed by atoms with van der Waals surface area (Å²) in [6.07, 6.45) is 5.87. The molecule has 0 heterocycles. The summed E-state index contributed by atoms with van der Waals surface area (Å²) < 4.78 is 0. The second kappa shape index (κ2) is 5.53. The highest BCUT2D eigenvalue weighted by atomic mass is 16.4. The number of hydrogen-bond acceptors (Lipinski definition) is 2. The van der Waals surface area contributed by atoms with E-state index in [0.29, 0.717) is 5.56 Å². The summed E-state index contributed by atoms with van der Waals surface area (Å²) >= 11 is 0. The second-order valence-electron chi connectivity index (χ2n) is 5.13. The highest BCUT2D eigenvalue weighted by Crippen LogP contribution is 2.38. The first-order chi connectivity index (χ1) is 8.65. The highest BCUT2D eigenvalue weighted by Gasteiger charge is 2.45. The van der Waals surface area contributed by atoms with Crippen LogP contribution in [-0.4, -0.2) is 16.2 Å². The lowest BCUT2D eigenvalue weighted by Gasteiger charge is -2.32. The van der Waals surface area contributed by atoms with Crippen molar-refractivity contribution >= 4 is 5.97 Å². The molecule has 1 aliphatic rings. The third-order valence-electron chi connectivity index (χ3n) is 3.99. The van der Waals surface area contributed by atoms with Gasteiger partial charge in [0.1, 0.15) is 0 Å². The van der Waals surface area contributed by atoms with Gasteiger partial charge in [-0.25, -0.2) is 4.79 Å². The number of hydrogen-bond donors (Lipinski definition) is 2. The Morgan fingerprint density at radius 3 is 2.11 bits per heavy atom. The summed E-state index contributed by atoms with van der Waals surface area (Å²) in [4.78, 5) is 11.6. The number of benzene rings is 1. The zero-order chi connectivity index (χ0) is 13.0. The molecule has 2 rings (SSSR count). The minimum atomic E-state index is -1.73. The second-order valence-corrected chi connectivity index (χ2v) is 5.13. The molecule has 1 aromatic rings. The molecule has 1 unspecified atom stereocenters. The van der Waals surface area contributed by atoms with E-state index in [2.05, 4.69) is 0 Å². The number of rotatable bonds is 3. The molecular formula is C15H20O3. The molecule has 0 bridgehead atoms. The van der Waals surface area contributed by atoms with Gasteiger partial charge >= 0.3 is 5.97 Å². The van der Waals surface area contributed by atoms with Crippen molar-refractivity contribution in [3.63, 3.8) is 0 Å². The molecule has 1 fully saturated rings. The van der Waals surface area contributed by atoms with E-state index in [1.165, 1.54) is 0 Å². The summed E-state index contributed by atoms with van der Waals surface area (Å²) in [7, 11) is 0. The molecule has 2 N–H and O–H groups in total. The van der Waals surface area contributed by atoms with Crippen LogP contribution in [0.2, 0.25) is 0 Å². The molecule has 18 heavy (non-hydrogen) atoms. The van der Waals surface area contributed by atoms with Crippen LogP contribution in [0.25, 0.3) is 0 Å². The zero-order valence-corrected chi connectivity index (χ0v) is 10.5. The molecular weight excluding hydrogens is 228 g/mol. The van der Waals surface area contributed by atoms with Crippen molar-refractivity contribution in [2.75, 3.05) is 0 Å². The Kier molecular flexibility index (Phi) is 4.02. The quantitative estimate of drug-likeness (QED) is 0.809. The van der Waals surface area contributed by atoms with Gasteiger partial charge in [0.05, 0.1) is 0 Å². The van der Waals surface area contributed by atoms with E-state index in [1.54, 1.807) is 24.3 Å². The first-order valence-electron chi connectivity index (χ1n) is 6.67. The molecule has 0 aliphatic heterocycles. The van der Waals surface area contributed by atoms with E-state index in [1.807, 2.05) is 6.07 Å². The van der Waals surface area contributed by atoms with Crippen molar-refractivity contribution in [1.82, 2.24) is 0 Å². The van der Waals surface area contributed by atoms with Crippen LogP contribution in [0.1, 0.15) is 44.1 Å². The summed E-state index contributed by atoms with van der Waals surface area (Å²) in [5, 5.41) is 20.2. The van der Waals surface area contributed by atoms with Crippen molar-refractivity contribution in [3.05, 3.63) is 35.9 Å². The maximum Gasteiger partial charge on any atom is 0.340 e. The minimum Gasteiger partial charge on any atom is -0.479 e. The van der Waals surface area contributed by atoms with Gasteiger partial charge < -0.3 is 10.2 Å². The predicted molar refractivity (Wildman–Crippen MR) is 69.2 cm³/mol. The number of carbonyl (C=O) groups is 1. The molecule has 1 aromatic carbocycles. The van der Waals surface area contributed by atoms with Gasteiger partial charge in [-0.2, -0.15) is 0 Å². The Hall–Kier alpha value is -1.35. The van der Waals surface area contributed by atoms with Gasteiger partial charge in [0.25, 0.3) is 0 Å². The van der Waals surface area contributed by atoms with Crippen LogP contribution >= 0.6 is 0 Å². The summed E-state index contributed by atoms with van der Waals surface area (Å²) in [5.74, 6) is -1.31. The van der Waals surface area contributed by atoms with Gasteiger partial charge in [0.2, 0.25) is 0 Å². The summed E-state index contributed by atoms with van der Waals surface area (Å²) in [5.41, 5.74) is -1.23. The molecule has 0 spiro atoms. The van der Waals surface area contributed by atoms with Gasteiger partial charge in [-0.1, -0.05) is 56.0 Å².